The number of halogens is 1. The summed E-state index contributed by atoms with van der Waals surface area (Å²) in [6, 6.07) is 13.4. The molecule has 0 bridgehead atoms. The van der Waals surface area contributed by atoms with E-state index in [4.69, 9.17) is 11.6 Å². The summed E-state index contributed by atoms with van der Waals surface area (Å²) in [6.07, 6.45) is 1.33. The van der Waals surface area contributed by atoms with E-state index in [-0.39, 0.29) is 6.42 Å². The zero-order valence-corrected chi connectivity index (χ0v) is 19.1. The molecule has 7 nitrogen and oxygen atoms in total. The van der Waals surface area contributed by atoms with Gasteiger partial charge >= 0.3 is 0 Å². The van der Waals surface area contributed by atoms with Crippen molar-refractivity contribution in [3.05, 3.63) is 59.1 Å². The topological polar surface area (TPSA) is 92.3 Å². The van der Waals surface area contributed by atoms with E-state index in [0.29, 0.717) is 26.4 Å². The number of sulfonamides is 1. The summed E-state index contributed by atoms with van der Waals surface area (Å²) in [4.78, 5) is 13.0. The van der Waals surface area contributed by atoms with Crippen LogP contribution >= 0.6 is 22.9 Å². The van der Waals surface area contributed by atoms with E-state index in [2.05, 4.69) is 15.5 Å². The Morgan fingerprint density at radius 3 is 2.53 bits per heavy atom. The summed E-state index contributed by atoms with van der Waals surface area (Å²) < 4.78 is 26.4. The quantitative estimate of drug-likeness (QED) is 0.561. The lowest BCUT2D eigenvalue weighted by molar-refractivity contribution is -0.117. The predicted molar refractivity (Wildman–Crippen MR) is 122 cm³/mol. The van der Waals surface area contributed by atoms with Crippen molar-refractivity contribution >= 4 is 49.7 Å². The molecule has 30 heavy (non-hydrogen) atoms. The van der Waals surface area contributed by atoms with E-state index in [0.717, 1.165) is 16.1 Å². The van der Waals surface area contributed by atoms with E-state index in [9.17, 15) is 13.2 Å². The summed E-state index contributed by atoms with van der Waals surface area (Å²) >= 11 is 7.31. The highest BCUT2D eigenvalue weighted by Crippen LogP contribution is 2.30. The van der Waals surface area contributed by atoms with Gasteiger partial charge in [-0.1, -0.05) is 66.3 Å². The van der Waals surface area contributed by atoms with Crippen molar-refractivity contribution < 1.29 is 13.2 Å². The Kier molecular flexibility index (Phi) is 6.74. The van der Waals surface area contributed by atoms with Gasteiger partial charge in [-0.3, -0.25) is 14.4 Å². The lowest BCUT2D eigenvalue weighted by Gasteiger charge is -2.31. The lowest BCUT2D eigenvalue weighted by Crippen LogP contribution is -2.47. The number of hydrogen-bond donors (Lipinski definition) is 1. The monoisotopic (exact) mass is 464 g/mol. The summed E-state index contributed by atoms with van der Waals surface area (Å²) in [7, 11) is -3.76. The third-order valence-electron chi connectivity index (χ3n) is 4.41. The number of carbonyl (C=O) groups is 1. The predicted octanol–water partition coefficient (Wildman–Crippen LogP) is 4.35. The Morgan fingerprint density at radius 1 is 1.20 bits per heavy atom. The Hall–Kier alpha value is -2.49. The first-order chi connectivity index (χ1) is 14.2. The highest BCUT2D eigenvalue weighted by molar-refractivity contribution is 7.92. The van der Waals surface area contributed by atoms with Gasteiger partial charge in [0.15, 0.2) is 0 Å². The number of carbonyl (C=O) groups excluding carboxylic acids is 1. The zero-order valence-electron chi connectivity index (χ0n) is 16.7. The molecule has 0 aliphatic heterocycles. The molecule has 1 aromatic heterocycles. The van der Waals surface area contributed by atoms with E-state index in [1.54, 1.807) is 32.0 Å². The molecule has 2 aromatic carbocycles. The van der Waals surface area contributed by atoms with Crippen LogP contribution in [0.1, 0.15) is 18.9 Å². The molecule has 1 unspecified atom stereocenters. The maximum atomic E-state index is 13.0. The highest BCUT2D eigenvalue weighted by atomic mass is 35.5. The Labute approximate surface area is 184 Å². The van der Waals surface area contributed by atoms with Crippen molar-refractivity contribution in [1.82, 2.24) is 10.2 Å². The van der Waals surface area contributed by atoms with Gasteiger partial charge in [-0.15, -0.1) is 10.2 Å². The molecule has 158 valence electrons. The fourth-order valence-electron chi connectivity index (χ4n) is 3.02. The number of nitrogens with one attached hydrogen (secondary N) is 1. The second-order valence-electron chi connectivity index (χ2n) is 6.68. The van der Waals surface area contributed by atoms with Crippen LogP contribution in [-0.2, 0) is 14.8 Å². The van der Waals surface area contributed by atoms with Gasteiger partial charge in [-0.25, -0.2) is 8.42 Å². The molecule has 1 N–H and O–H groups in total. The van der Waals surface area contributed by atoms with Gasteiger partial charge in [0.05, 0.1) is 11.9 Å². The third-order valence-corrected chi connectivity index (χ3v) is 6.70. The minimum absolute atomic E-state index is 0.259. The molecule has 0 saturated heterocycles. The van der Waals surface area contributed by atoms with E-state index in [1.165, 1.54) is 11.3 Å². The summed E-state index contributed by atoms with van der Waals surface area (Å²) in [5, 5.41) is 12.2. The highest BCUT2D eigenvalue weighted by Gasteiger charge is 2.33. The van der Waals surface area contributed by atoms with Gasteiger partial charge in [0.2, 0.25) is 21.1 Å². The smallest absolute Gasteiger partial charge is 0.250 e. The van der Waals surface area contributed by atoms with Crippen molar-refractivity contribution in [2.24, 2.45) is 0 Å². The number of benzene rings is 2. The molecule has 0 spiro atoms. The summed E-state index contributed by atoms with van der Waals surface area (Å²) in [6.45, 7) is 3.52. The average Bonchev–Trinajstić information content (AvgIpc) is 3.16. The molecule has 1 heterocycles. The van der Waals surface area contributed by atoms with Crippen LogP contribution in [0.2, 0.25) is 5.02 Å². The van der Waals surface area contributed by atoms with Crippen molar-refractivity contribution in [3.8, 4) is 10.6 Å². The molecule has 3 aromatic rings. The van der Waals surface area contributed by atoms with E-state index >= 15 is 0 Å². The van der Waals surface area contributed by atoms with Crippen molar-refractivity contribution in [3.63, 3.8) is 0 Å². The minimum Gasteiger partial charge on any atom is -0.299 e. The van der Waals surface area contributed by atoms with Crippen LogP contribution in [0.15, 0.2) is 48.5 Å². The SMILES string of the molecule is CCC(C(=O)Nc1nnc(-c2ccccc2)s1)N(c1cc(Cl)ccc1C)S(C)(=O)=O. The van der Waals surface area contributed by atoms with Crippen LogP contribution in [-0.4, -0.2) is 36.8 Å². The molecule has 10 heteroatoms. The number of hydrogen-bond acceptors (Lipinski definition) is 6. The maximum absolute atomic E-state index is 13.0. The first-order valence-electron chi connectivity index (χ1n) is 9.16. The van der Waals surface area contributed by atoms with Crippen LogP contribution in [0.3, 0.4) is 0 Å². The van der Waals surface area contributed by atoms with Gasteiger partial charge in [-0.05, 0) is 31.0 Å². The Morgan fingerprint density at radius 2 is 1.90 bits per heavy atom. The number of anilines is 2. The van der Waals surface area contributed by atoms with Gasteiger partial charge in [0, 0.05) is 10.6 Å². The molecule has 1 amide bonds. The lowest BCUT2D eigenvalue weighted by atomic mass is 10.1. The van der Waals surface area contributed by atoms with E-state index in [1.807, 2.05) is 30.3 Å². The summed E-state index contributed by atoms with van der Waals surface area (Å²) in [5.74, 6) is -0.488. The fraction of sp³-hybridized carbons (Fsp3) is 0.250. The molecule has 0 saturated carbocycles. The first kappa shape index (κ1) is 22.2. The van der Waals surface area contributed by atoms with Crippen molar-refractivity contribution in [2.45, 2.75) is 26.3 Å². The van der Waals surface area contributed by atoms with Gasteiger partial charge in [0.1, 0.15) is 11.0 Å². The summed E-state index contributed by atoms with van der Waals surface area (Å²) in [5.41, 5.74) is 1.95. The van der Waals surface area contributed by atoms with Crippen LogP contribution in [0.25, 0.3) is 10.6 Å². The number of nitrogens with zero attached hydrogens (tertiary/aromatic N) is 3. The first-order valence-corrected chi connectivity index (χ1v) is 12.2. The molecule has 0 aliphatic carbocycles. The molecule has 3 rings (SSSR count). The van der Waals surface area contributed by atoms with Crippen LogP contribution in [0.4, 0.5) is 10.8 Å². The second kappa shape index (κ2) is 9.11. The fourth-order valence-corrected chi connectivity index (χ4v) is 5.19. The molecule has 0 fully saturated rings. The molecule has 0 aliphatic rings. The molecular formula is C20H21ClN4O3S2. The van der Waals surface area contributed by atoms with Crippen molar-refractivity contribution in [2.75, 3.05) is 15.9 Å². The Balaban J connectivity index is 1.90. The number of amides is 1. The minimum atomic E-state index is -3.76. The standard InChI is InChI=1S/C20H21ClN4O3S2/c1-4-16(25(30(3,27)28)17-12-15(21)11-10-13(17)2)18(26)22-20-24-23-19(29-20)14-8-6-5-7-9-14/h5-12,16H,4H2,1-3H3,(H,22,24,26). The normalized spacial score (nSPS) is 12.4. The molecule has 0 radical (unpaired) electrons. The number of aromatic nitrogens is 2. The number of aryl methyl sites for hydroxylation is 1. The molecule has 1 atom stereocenters. The third kappa shape index (κ3) is 4.97. The van der Waals surface area contributed by atoms with Gasteiger partial charge in [-0.2, -0.15) is 0 Å². The Bertz CT molecular complexity index is 1150. The number of rotatable bonds is 7. The average molecular weight is 465 g/mol. The van der Waals surface area contributed by atoms with E-state index < -0.39 is 22.0 Å². The van der Waals surface area contributed by atoms with Gasteiger partial charge < -0.3 is 0 Å². The second-order valence-corrected chi connectivity index (χ2v) is 9.95. The van der Waals surface area contributed by atoms with Crippen LogP contribution in [0.5, 0.6) is 0 Å². The van der Waals surface area contributed by atoms with Crippen LogP contribution < -0.4 is 9.62 Å². The molecular weight excluding hydrogens is 444 g/mol. The van der Waals surface area contributed by atoms with Gasteiger partial charge in [0.25, 0.3) is 0 Å². The van der Waals surface area contributed by atoms with Crippen molar-refractivity contribution in [1.29, 1.82) is 0 Å². The van der Waals surface area contributed by atoms with Crippen LogP contribution in [0, 0.1) is 6.92 Å². The maximum Gasteiger partial charge on any atom is 0.250 e. The largest absolute Gasteiger partial charge is 0.299 e. The zero-order chi connectivity index (χ0) is 21.9.